The van der Waals surface area contributed by atoms with E-state index in [1.165, 1.54) is 11.8 Å². The summed E-state index contributed by atoms with van der Waals surface area (Å²) in [6, 6.07) is 1.90. The van der Waals surface area contributed by atoms with Crippen molar-refractivity contribution in [1.82, 2.24) is 0 Å². The van der Waals surface area contributed by atoms with Gasteiger partial charge in [0.15, 0.2) is 33.3 Å². The summed E-state index contributed by atoms with van der Waals surface area (Å²) in [6.45, 7) is 4.09. The Kier molecular flexibility index (Phi) is 4.25. The number of fused-ring (bicyclic) bond motifs is 3. The summed E-state index contributed by atoms with van der Waals surface area (Å²) < 4.78 is 32.2. The highest BCUT2D eigenvalue weighted by Gasteiger charge is 2.51. The van der Waals surface area contributed by atoms with E-state index in [0.717, 1.165) is 18.6 Å². The number of Topliss-reactive ketones (excluding diaryl/α,β-unsaturated/α-hetero) is 1. The minimum Gasteiger partial charge on any atom is -0.462 e. The molecule has 3 rings (SSSR count). The first-order valence-electron chi connectivity index (χ1n) is 7.45. The average Bonchev–Trinajstić information content (AvgIpc) is 2.49. The third kappa shape index (κ3) is 2.57. The zero-order chi connectivity index (χ0) is 16.7. The average molecular weight is 340 g/mol. The predicted molar refractivity (Wildman–Crippen MR) is 81.3 cm³/mol. The summed E-state index contributed by atoms with van der Waals surface area (Å²) >= 11 is 1.37. The molecule has 0 spiro atoms. The third-order valence-corrected chi connectivity index (χ3v) is 5.18. The number of carbonyl (C=O) groups excluding carboxylic acids is 2. The molecule has 0 radical (unpaired) electrons. The molecule has 2 aliphatic heterocycles. The second-order valence-corrected chi connectivity index (χ2v) is 6.86. The smallest absolute Gasteiger partial charge is 0.348 e. The molecular weight excluding hydrogens is 324 g/mol. The molecule has 2 atom stereocenters. The summed E-state index contributed by atoms with van der Waals surface area (Å²) in [6.07, 6.45) is 1.57. The molecule has 1 fully saturated rings. The number of thioether (sulfide) groups is 1. The Hall–Kier alpha value is -1.73. The molecule has 23 heavy (non-hydrogen) atoms. The molecule has 0 bridgehead atoms. The van der Waals surface area contributed by atoms with Crippen molar-refractivity contribution < 1.29 is 28.0 Å². The third-order valence-electron chi connectivity index (χ3n) is 3.93. The Balaban J connectivity index is 2.00. The lowest BCUT2D eigenvalue weighted by Gasteiger charge is -2.39. The number of hydrogen-bond donors (Lipinski definition) is 1. The summed E-state index contributed by atoms with van der Waals surface area (Å²) in [5, 5.41) is 0.544. The molecule has 2 unspecified atom stereocenters. The van der Waals surface area contributed by atoms with E-state index >= 15 is 0 Å². The molecule has 1 aromatic carbocycles. The maximum Gasteiger partial charge on any atom is 0.348 e. The fraction of sp³-hybridized carbons (Fsp3) is 0.375. The lowest BCUT2D eigenvalue weighted by molar-refractivity contribution is -0.806. The van der Waals surface area contributed by atoms with Crippen LogP contribution < -0.4 is 4.90 Å². The normalized spacial score (nSPS) is 22.3. The van der Waals surface area contributed by atoms with Crippen LogP contribution in [0.5, 0.6) is 0 Å². The standard InChI is InChI=1S/C16H15F2NO3S/c1-3-4-5-22-16(21)13-14(20)9-6-10(17)11(18)7-12(9)19-8(2)23-15(13)19/h6-8H,3-5H2,1-2H3/p+1. The number of halogens is 2. The zero-order valence-corrected chi connectivity index (χ0v) is 13.6. The second kappa shape index (κ2) is 6.05. The molecule has 1 aromatic rings. The van der Waals surface area contributed by atoms with Gasteiger partial charge in [0.05, 0.1) is 12.2 Å². The number of benzene rings is 1. The maximum atomic E-state index is 13.5. The van der Waals surface area contributed by atoms with Gasteiger partial charge in [-0.15, -0.1) is 0 Å². The lowest BCUT2D eigenvalue weighted by Crippen LogP contribution is -3.14. The van der Waals surface area contributed by atoms with Crippen LogP contribution in [-0.4, -0.2) is 23.7 Å². The van der Waals surface area contributed by atoms with Crippen LogP contribution in [0, 0.1) is 11.6 Å². The number of ether oxygens (including phenoxy) is 1. The van der Waals surface area contributed by atoms with Gasteiger partial charge in [-0.3, -0.25) is 9.69 Å². The Morgan fingerprint density at radius 2 is 2.04 bits per heavy atom. The zero-order valence-electron chi connectivity index (χ0n) is 12.7. The predicted octanol–water partition coefficient (Wildman–Crippen LogP) is 2.33. The Bertz CT molecular complexity index is 732. The van der Waals surface area contributed by atoms with Gasteiger partial charge in [-0.05, 0) is 31.2 Å². The van der Waals surface area contributed by atoms with Gasteiger partial charge in [0.1, 0.15) is 0 Å². The minimum absolute atomic E-state index is 0.0140. The number of rotatable bonds is 4. The Morgan fingerprint density at radius 3 is 2.70 bits per heavy atom. The first-order valence-corrected chi connectivity index (χ1v) is 8.33. The van der Waals surface area contributed by atoms with Crippen LogP contribution in [0.25, 0.3) is 0 Å². The van der Waals surface area contributed by atoms with Gasteiger partial charge in [0, 0.05) is 6.07 Å². The van der Waals surface area contributed by atoms with Crippen molar-refractivity contribution in [3.05, 3.63) is 39.9 Å². The molecule has 2 heterocycles. The fourth-order valence-electron chi connectivity index (χ4n) is 2.72. The largest absolute Gasteiger partial charge is 0.462 e. The molecule has 1 saturated heterocycles. The van der Waals surface area contributed by atoms with E-state index in [4.69, 9.17) is 4.74 Å². The quantitative estimate of drug-likeness (QED) is 0.519. The van der Waals surface area contributed by atoms with Gasteiger partial charge in [-0.25, -0.2) is 13.6 Å². The van der Waals surface area contributed by atoms with E-state index in [1.807, 2.05) is 13.8 Å². The van der Waals surface area contributed by atoms with E-state index in [2.05, 4.69) is 0 Å². The number of nitrogens with one attached hydrogen (secondary N) is 1. The van der Waals surface area contributed by atoms with Crippen molar-refractivity contribution in [1.29, 1.82) is 0 Å². The molecule has 0 aromatic heterocycles. The van der Waals surface area contributed by atoms with E-state index in [9.17, 15) is 18.4 Å². The van der Waals surface area contributed by atoms with Crippen molar-refractivity contribution >= 4 is 29.2 Å². The van der Waals surface area contributed by atoms with Crippen LogP contribution in [0.1, 0.15) is 37.0 Å². The van der Waals surface area contributed by atoms with Crippen molar-refractivity contribution in [2.75, 3.05) is 6.61 Å². The van der Waals surface area contributed by atoms with E-state index < -0.39 is 23.4 Å². The maximum absolute atomic E-state index is 13.5. The molecule has 0 saturated carbocycles. The molecular formula is C16H16F2NO3S+. The number of unbranched alkanes of at least 4 members (excludes halogenated alkanes) is 1. The number of ketones is 1. The van der Waals surface area contributed by atoms with Gasteiger partial charge in [0.25, 0.3) is 0 Å². The summed E-state index contributed by atoms with van der Waals surface area (Å²) in [7, 11) is 0. The van der Waals surface area contributed by atoms with Gasteiger partial charge >= 0.3 is 5.97 Å². The van der Waals surface area contributed by atoms with Crippen molar-refractivity contribution in [3.63, 3.8) is 0 Å². The second-order valence-electron chi connectivity index (χ2n) is 5.51. The van der Waals surface area contributed by atoms with Crippen LogP contribution in [-0.2, 0) is 9.53 Å². The van der Waals surface area contributed by atoms with Crippen LogP contribution in [0.15, 0.2) is 22.7 Å². The van der Waals surface area contributed by atoms with Gasteiger partial charge in [-0.1, -0.05) is 13.3 Å². The monoisotopic (exact) mass is 340 g/mol. The van der Waals surface area contributed by atoms with Crippen LogP contribution >= 0.6 is 11.8 Å². The molecule has 2 aliphatic rings. The van der Waals surface area contributed by atoms with E-state index in [0.29, 0.717) is 22.0 Å². The summed E-state index contributed by atoms with van der Waals surface area (Å²) in [5.74, 6) is -3.38. The van der Waals surface area contributed by atoms with Gasteiger partial charge in [0.2, 0.25) is 5.78 Å². The lowest BCUT2D eigenvalue weighted by atomic mass is 9.97. The number of esters is 1. The molecule has 4 nitrogen and oxygen atoms in total. The minimum atomic E-state index is -1.10. The SMILES string of the molecule is CCCCOC(=O)C1=C2SC(C)[NH+]2c2cc(F)c(F)cc2C1=O. The van der Waals surface area contributed by atoms with E-state index in [-0.39, 0.29) is 23.1 Å². The molecule has 0 amide bonds. The highest BCUT2D eigenvalue weighted by molar-refractivity contribution is 8.04. The fourth-order valence-corrected chi connectivity index (χ4v) is 3.96. The summed E-state index contributed by atoms with van der Waals surface area (Å²) in [4.78, 5) is 25.5. The first kappa shape index (κ1) is 16.1. The topological polar surface area (TPSA) is 47.8 Å². The van der Waals surface area contributed by atoms with Crippen molar-refractivity contribution in [2.45, 2.75) is 32.1 Å². The highest BCUT2D eigenvalue weighted by Crippen LogP contribution is 2.37. The van der Waals surface area contributed by atoms with Crippen LogP contribution in [0.2, 0.25) is 0 Å². The number of hydrogen-bond acceptors (Lipinski definition) is 4. The first-order chi connectivity index (χ1) is 11.0. The number of carbonyl (C=O) groups is 2. The Labute approximate surface area is 136 Å². The summed E-state index contributed by atoms with van der Waals surface area (Å²) in [5.41, 5.74) is 0.343. The van der Waals surface area contributed by atoms with E-state index in [1.54, 1.807) is 0 Å². The van der Waals surface area contributed by atoms with Crippen molar-refractivity contribution in [3.8, 4) is 0 Å². The molecule has 0 aliphatic carbocycles. The van der Waals surface area contributed by atoms with Crippen LogP contribution in [0.4, 0.5) is 14.5 Å². The molecule has 7 heteroatoms. The molecule has 122 valence electrons. The highest BCUT2D eigenvalue weighted by atomic mass is 32.2. The van der Waals surface area contributed by atoms with Gasteiger partial charge < -0.3 is 4.74 Å². The van der Waals surface area contributed by atoms with Crippen LogP contribution in [0.3, 0.4) is 0 Å². The van der Waals surface area contributed by atoms with Crippen molar-refractivity contribution in [2.24, 2.45) is 0 Å². The molecule has 1 N–H and O–H groups in total. The van der Waals surface area contributed by atoms with Gasteiger partial charge in [-0.2, -0.15) is 0 Å². The number of quaternary nitrogens is 1. The Morgan fingerprint density at radius 1 is 1.35 bits per heavy atom.